The highest BCUT2D eigenvalue weighted by atomic mass is 19.4. The minimum absolute atomic E-state index is 0.206. The lowest BCUT2D eigenvalue weighted by Gasteiger charge is -2.10. The summed E-state index contributed by atoms with van der Waals surface area (Å²) in [5.74, 6) is 0. The molecule has 0 saturated carbocycles. The summed E-state index contributed by atoms with van der Waals surface area (Å²) >= 11 is 0. The average molecular weight is 211 g/mol. The van der Waals surface area contributed by atoms with Gasteiger partial charge in [0.1, 0.15) is 6.61 Å². The molecule has 1 unspecified atom stereocenters. The zero-order valence-electron chi connectivity index (χ0n) is 8.07. The first kappa shape index (κ1) is 11.8. The Morgan fingerprint density at radius 2 is 2.14 bits per heavy atom. The molecule has 84 valence electrons. The lowest BCUT2D eigenvalue weighted by Crippen LogP contribution is -2.22. The fourth-order valence-corrected chi connectivity index (χ4v) is 1.62. The molecule has 1 aliphatic rings. The second-order valence-electron chi connectivity index (χ2n) is 3.60. The van der Waals surface area contributed by atoms with Crippen LogP contribution in [-0.4, -0.2) is 32.0 Å². The Bertz CT molecular complexity index is 155. The van der Waals surface area contributed by atoms with Gasteiger partial charge in [-0.25, -0.2) is 0 Å². The maximum Gasteiger partial charge on any atom is 0.411 e. The van der Waals surface area contributed by atoms with Crippen LogP contribution in [-0.2, 0) is 4.74 Å². The molecule has 2 nitrogen and oxygen atoms in total. The van der Waals surface area contributed by atoms with Crippen molar-refractivity contribution < 1.29 is 17.9 Å². The van der Waals surface area contributed by atoms with E-state index >= 15 is 0 Å². The molecule has 1 N–H and O–H groups in total. The van der Waals surface area contributed by atoms with E-state index in [0.29, 0.717) is 12.5 Å². The summed E-state index contributed by atoms with van der Waals surface area (Å²) in [5, 5.41) is 3.29. The Hall–Kier alpha value is -0.290. The third kappa shape index (κ3) is 5.44. The number of rotatable bonds is 5. The molecule has 0 aromatic carbocycles. The van der Waals surface area contributed by atoms with Gasteiger partial charge in [-0.05, 0) is 32.2 Å². The molecule has 0 bridgehead atoms. The summed E-state index contributed by atoms with van der Waals surface area (Å²) in [5.41, 5.74) is 0. The first-order valence-corrected chi connectivity index (χ1v) is 4.96. The maximum atomic E-state index is 11.6. The van der Waals surface area contributed by atoms with E-state index in [1.165, 1.54) is 6.42 Å². The maximum absolute atomic E-state index is 11.6. The Morgan fingerprint density at radius 1 is 1.36 bits per heavy atom. The van der Waals surface area contributed by atoms with Gasteiger partial charge in [-0.2, -0.15) is 13.2 Å². The molecule has 0 aromatic heterocycles. The molecular weight excluding hydrogens is 195 g/mol. The SMILES string of the molecule is FC(F)(F)COCCCC1CCCN1. The van der Waals surface area contributed by atoms with Crippen molar-refractivity contribution in [2.45, 2.75) is 37.9 Å². The topological polar surface area (TPSA) is 21.3 Å². The first-order valence-electron chi connectivity index (χ1n) is 4.96. The van der Waals surface area contributed by atoms with Crippen molar-refractivity contribution in [3.05, 3.63) is 0 Å². The predicted octanol–water partition coefficient (Wildman–Crippen LogP) is 2.10. The van der Waals surface area contributed by atoms with E-state index in [2.05, 4.69) is 10.1 Å². The molecule has 0 radical (unpaired) electrons. The molecule has 1 heterocycles. The molecule has 1 saturated heterocycles. The van der Waals surface area contributed by atoms with Gasteiger partial charge in [0.2, 0.25) is 0 Å². The number of hydrogen-bond donors (Lipinski definition) is 1. The van der Waals surface area contributed by atoms with Gasteiger partial charge in [-0.15, -0.1) is 0 Å². The summed E-state index contributed by atoms with van der Waals surface area (Å²) < 4.78 is 39.4. The summed E-state index contributed by atoms with van der Waals surface area (Å²) in [7, 11) is 0. The Morgan fingerprint density at radius 3 is 2.71 bits per heavy atom. The van der Waals surface area contributed by atoms with Crippen LogP contribution in [0.3, 0.4) is 0 Å². The Kier molecular flexibility index (Phi) is 4.68. The monoisotopic (exact) mass is 211 g/mol. The van der Waals surface area contributed by atoms with Crippen LogP contribution >= 0.6 is 0 Å². The second kappa shape index (κ2) is 5.56. The standard InChI is InChI=1S/C9H16F3NO/c10-9(11,12)7-14-6-2-4-8-3-1-5-13-8/h8,13H,1-7H2. The smallest absolute Gasteiger partial charge is 0.372 e. The van der Waals surface area contributed by atoms with Gasteiger partial charge >= 0.3 is 6.18 Å². The lowest BCUT2D eigenvalue weighted by molar-refractivity contribution is -0.174. The van der Waals surface area contributed by atoms with Gasteiger partial charge in [0, 0.05) is 12.6 Å². The van der Waals surface area contributed by atoms with Crippen LogP contribution < -0.4 is 5.32 Å². The van der Waals surface area contributed by atoms with Crippen molar-refractivity contribution in [2.75, 3.05) is 19.8 Å². The van der Waals surface area contributed by atoms with Crippen LogP contribution in [0.5, 0.6) is 0 Å². The van der Waals surface area contributed by atoms with Crippen LogP contribution in [0.2, 0.25) is 0 Å². The van der Waals surface area contributed by atoms with Crippen molar-refractivity contribution in [1.29, 1.82) is 0 Å². The third-order valence-electron chi connectivity index (χ3n) is 2.27. The van der Waals surface area contributed by atoms with Crippen LogP contribution in [0, 0.1) is 0 Å². The Balaban J connectivity index is 1.89. The van der Waals surface area contributed by atoms with Crippen molar-refractivity contribution in [3.8, 4) is 0 Å². The zero-order chi connectivity index (χ0) is 10.4. The predicted molar refractivity (Wildman–Crippen MR) is 47.1 cm³/mol. The fraction of sp³-hybridized carbons (Fsp3) is 1.00. The van der Waals surface area contributed by atoms with Crippen LogP contribution in [0.15, 0.2) is 0 Å². The third-order valence-corrected chi connectivity index (χ3v) is 2.27. The molecule has 5 heteroatoms. The quantitative estimate of drug-likeness (QED) is 0.703. The molecule has 0 aromatic rings. The van der Waals surface area contributed by atoms with E-state index in [9.17, 15) is 13.2 Å². The number of hydrogen-bond acceptors (Lipinski definition) is 2. The molecule has 0 amide bonds. The number of halogens is 3. The molecule has 0 spiro atoms. The van der Waals surface area contributed by atoms with Crippen molar-refractivity contribution in [3.63, 3.8) is 0 Å². The van der Waals surface area contributed by atoms with E-state index < -0.39 is 12.8 Å². The van der Waals surface area contributed by atoms with Crippen LogP contribution in [0.4, 0.5) is 13.2 Å². The van der Waals surface area contributed by atoms with E-state index in [4.69, 9.17) is 0 Å². The van der Waals surface area contributed by atoms with E-state index in [-0.39, 0.29) is 6.61 Å². The second-order valence-corrected chi connectivity index (χ2v) is 3.60. The van der Waals surface area contributed by atoms with Gasteiger partial charge in [0.05, 0.1) is 0 Å². The summed E-state index contributed by atoms with van der Waals surface area (Å²) in [6.07, 6.45) is -0.259. The summed E-state index contributed by atoms with van der Waals surface area (Å²) in [4.78, 5) is 0. The number of alkyl halides is 3. The van der Waals surface area contributed by atoms with Crippen molar-refractivity contribution >= 4 is 0 Å². The van der Waals surface area contributed by atoms with E-state index in [0.717, 1.165) is 19.4 Å². The van der Waals surface area contributed by atoms with E-state index in [1.54, 1.807) is 0 Å². The van der Waals surface area contributed by atoms with Crippen LogP contribution in [0.1, 0.15) is 25.7 Å². The molecular formula is C9H16F3NO. The fourth-order valence-electron chi connectivity index (χ4n) is 1.62. The van der Waals surface area contributed by atoms with Gasteiger partial charge in [0.15, 0.2) is 0 Å². The lowest BCUT2D eigenvalue weighted by atomic mass is 10.1. The Labute approximate surface area is 81.8 Å². The largest absolute Gasteiger partial charge is 0.411 e. The molecule has 1 aliphatic heterocycles. The highest BCUT2D eigenvalue weighted by molar-refractivity contribution is 4.73. The number of ether oxygens (including phenoxy) is 1. The minimum atomic E-state index is -4.19. The molecule has 1 rings (SSSR count). The summed E-state index contributed by atoms with van der Waals surface area (Å²) in [6, 6.07) is 0.490. The van der Waals surface area contributed by atoms with Crippen molar-refractivity contribution in [2.24, 2.45) is 0 Å². The molecule has 1 atom stereocenters. The van der Waals surface area contributed by atoms with Crippen LogP contribution in [0.25, 0.3) is 0 Å². The normalized spacial score (nSPS) is 22.9. The number of nitrogens with one attached hydrogen (secondary N) is 1. The molecule has 1 fully saturated rings. The van der Waals surface area contributed by atoms with Gasteiger partial charge in [-0.1, -0.05) is 0 Å². The first-order chi connectivity index (χ1) is 6.58. The summed E-state index contributed by atoms with van der Waals surface area (Å²) in [6.45, 7) is 0.122. The zero-order valence-corrected chi connectivity index (χ0v) is 8.07. The van der Waals surface area contributed by atoms with Crippen molar-refractivity contribution in [1.82, 2.24) is 5.32 Å². The minimum Gasteiger partial charge on any atom is -0.372 e. The van der Waals surface area contributed by atoms with Gasteiger partial charge in [0.25, 0.3) is 0 Å². The molecule has 0 aliphatic carbocycles. The van der Waals surface area contributed by atoms with Gasteiger partial charge in [-0.3, -0.25) is 0 Å². The highest BCUT2D eigenvalue weighted by Gasteiger charge is 2.27. The van der Waals surface area contributed by atoms with Gasteiger partial charge < -0.3 is 10.1 Å². The molecule has 14 heavy (non-hydrogen) atoms. The highest BCUT2D eigenvalue weighted by Crippen LogP contribution is 2.15. The van der Waals surface area contributed by atoms with E-state index in [1.807, 2.05) is 0 Å². The average Bonchev–Trinajstić information content (AvgIpc) is 2.54.